The molecule has 1 unspecified atom stereocenters. The van der Waals surface area contributed by atoms with E-state index in [0.717, 1.165) is 44.1 Å². The molecule has 4 aliphatic carbocycles. The Hall–Kier alpha value is -1.73. The number of aliphatic hydroxyl groups is 1. The molecule has 31 heavy (non-hydrogen) atoms. The Bertz CT molecular complexity index is 808. The van der Waals surface area contributed by atoms with Crippen LogP contribution in [0.25, 0.3) is 0 Å². The minimum Gasteiger partial charge on any atom is -0.443 e. The van der Waals surface area contributed by atoms with E-state index in [-0.39, 0.29) is 42.2 Å². The summed E-state index contributed by atoms with van der Waals surface area (Å²) in [5.74, 6) is -1.10. The van der Waals surface area contributed by atoms with Crippen molar-refractivity contribution in [3.05, 3.63) is 17.8 Å². The van der Waals surface area contributed by atoms with E-state index in [0.29, 0.717) is 11.8 Å². The summed E-state index contributed by atoms with van der Waals surface area (Å²) in [4.78, 5) is 37.3. The first-order chi connectivity index (χ1) is 14.7. The molecule has 4 aliphatic rings. The molecule has 0 spiro atoms. The third-order valence-corrected chi connectivity index (χ3v) is 9.21. The van der Waals surface area contributed by atoms with Crippen LogP contribution in [-0.4, -0.2) is 34.1 Å². The van der Waals surface area contributed by atoms with Crippen molar-refractivity contribution in [3.63, 3.8) is 0 Å². The zero-order chi connectivity index (χ0) is 22.6. The molecule has 7 atom stereocenters. The summed E-state index contributed by atoms with van der Waals surface area (Å²) in [6, 6.07) is 0. The minimum absolute atomic E-state index is 0.0769. The molecule has 0 aromatic rings. The Kier molecular flexibility index (Phi) is 5.80. The first kappa shape index (κ1) is 22.5. The summed E-state index contributed by atoms with van der Waals surface area (Å²) in [6.45, 7) is 5.95. The van der Waals surface area contributed by atoms with E-state index >= 15 is 0 Å². The predicted molar refractivity (Wildman–Crippen MR) is 111 cm³/mol. The number of nitrogens with one attached hydrogen (secondary N) is 1. The Morgan fingerprint density at radius 2 is 1.94 bits per heavy atom. The molecule has 3 saturated carbocycles. The highest BCUT2D eigenvalue weighted by Gasteiger charge is 2.62. The van der Waals surface area contributed by atoms with Gasteiger partial charge in [-0.1, -0.05) is 26.3 Å². The van der Waals surface area contributed by atoms with Gasteiger partial charge in [-0.05, 0) is 73.2 Å². The van der Waals surface area contributed by atoms with E-state index in [4.69, 9.17) is 4.74 Å². The van der Waals surface area contributed by atoms with E-state index in [9.17, 15) is 24.7 Å². The van der Waals surface area contributed by atoms with Crippen LogP contribution in [0.1, 0.15) is 72.1 Å². The third kappa shape index (κ3) is 3.35. The number of allylic oxidation sites excluding steroid dienone is 1. The first-order valence-electron chi connectivity index (χ1n) is 11.6. The number of hydrogen-bond donors (Lipinski definition) is 3. The van der Waals surface area contributed by atoms with Gasteiger partial charge in [0.2, 0.25) is 6.10 Å². The molecule has 0 aliphatic heterocycles. The van der Waals surface area contributed by atoms with Crippen molar-refractivity contribution >= 4 is 17.7 Å². The van der Waals surface area contributed by atoms with Gasteiger partial charge in [0.05, 0.1) is 6.10 Å². The van der Waals surface area contributed by atoms with Crippen LogP contribution in [0.4, 0.5) is 0 Å². The average molecular weight is 433 g/mol. The lowest BCUT2D eigenvalue weighted by molar-refractivity contribution is -0.157. The molecule has 7 heteroatoms. The fraction of sp³-hybridized carbons (Fsp3) is 0.750. The average Bonchev–Trinajstić information content (AvgIpc) is 3.06. The van der Waals surface area contributed by atoms with Crippen molar-refractivity contribution < 1.29 is 29.4 Å². The molecule has 0 aromatic heterocycles. The van der Waals surface area contributed by atoms with Crippen LogP contribution in [-0.2, 0) is 19.1 Å². The Morgan fingerprint density at radius 3 is 2.61 bits per heavy atom. The lowest BCUT2D eigenvalue weighted by atomic mass is 9.44. The molecular formula is C24H34NO6. The monoisotopic (exact) mass is 432 g/mol. The first-order valence-corrected chi connectivity index (χ1v) is 11.6. The maximum Gasteiger partial charge on any atom is 0.306 e. The second kappa shape index (κ2) is 8.00. The summed E-state index contributed by atoms with van der Waals surface area (Å²) in [7, 11) is 0. The number of hydrogen-bond acceptors (Lipinski definition) is 6. The lowest BCUT2D eigenvalue weighted by Gasteiger charge is -2.60. The number of fused-ring (bicyclic) bond motifs is 5. The molecule has 0 aromatic carbocycles. The zero-order valence-electron chi connectivity index (χ0n) is 18.6. The predicted octanol–water partition coefficient (Wildman–Crippen LogP) is 3.10. The Morgan fingerprint density at radius 1 is 1.19 bits per heavy atom. The maximum absolute atomic E-state index is 12.6. The van der Waals surface area contributed by atoms with E-state index in [2.05, 4.69) is 13.8 Å². The van der Waals surface area contributed by atoms with Crippen LogP contribution < -0.4 is 5.48 Å². The van der Waals surface area contributed by atoms with Crippen molar-refractivity contribution in [2.75, 3.05) is 0 Å². The van der Waals surface area contributed by atoms with Gasteiger partial charge in [-0.25, -0.2) is 5.48 Å². The third-order valence-electron chi connectivity index (χ3n) is 9.21. The number of amides is 1. The number of aliphatic hydroxyl groups excluding tert-OH is 1. The van der Waals surface area contributed by atoms with Crippen molar-refractivity contribution in [1.29, 1.82) is 0 Å². The molecule has 0 saturated heterocycles. The van der Waals surface area contributed by atoms with Gasteiger partial charge in [0, 0.05) is 18.8 Å². The van der Waals surface area contributed by atoms with Crippen molar-refractivity contribution in [2.24, 2.45) is 34.5 Å². The minimum atomic E-state index is -0.860. The molecule has 171 valence electrons. The molecule has 4 rings (SSSR count). The zero-order valence-corrected chi connectivity index (χ0v) is 18.6. The summed E-state index contributed by atoms with van der Waals surface area (Å²) in [5, 5.41) is 20.0. The van der Waals surface area contributed by atoms with Crippen LogP contribution in [0.5, 0.6) is 0 Å². The van der Waals surface area contributed by atoms with Gasteiger partial charge in [-0.2, -0.15) is 0 Å². The number of rotatable bonds is 4. The van der Waals surface area contributed by atoms with Gasteiger partial charge in [0.25, 0.3) is 5.91 Å². The standard InChI is InChI=1S/C24H34NO6/c1-4-20(28)31-21(22(29)25-30)18-12-14(26)11-13-5-6-15-16-7-8-19(27)23(16,2)10-9-17(15)24(13,18)3/h11,15-19,27,30H,4-10,12H2,1-3H3,(H,25,29)/t15-,16-,17-,18?,19-,23-,24-/m0/s1. The van der Waals surface area contributed by atoms with Crippen LogP contribution in [0.15, 0.2) is 11.6 Å². The number of ether oxygens (including phenoxy) is 1. The fourth-order valence-corrected chi connectivity index (χ4v) is 7.50. The van der Waals surface area contributed by atoms with Crippen molar-refractivity contribution in [2.45, 2.75) is 78.2 Å². The maximum atomic E-state index is 12.6. The summed E-state index contributed by atoms with van der Waals surface area (Å²) < 4.78 is 5.44. The molecule has 3 fully saturated rings. The molecule has 7 nitrogen and oxygen atoms in total. The molecule has 0 bridgehead atoms. The molecule has 0 heterocycles. The molecule has 1 radical (unpaired) electrons. The number of hydroxylamine groups is 1. The van der Waals surface area contributed by atoms with Gasteiger partial charge in [-0.15, -0.1) is 0 Å². The van der Waals surface area contributed by atoms with Gasteiger partial charge in [0.1, 0.15) is 0 Å². The highest BCUT2D eigenvalue weighted by molar-refractivity contribution is 5.96. The number of esters is 1. The largest absolute Gasteiger partial charge is 0.443 e. The van der Waals surface area contributed by atoms with E-state index in [1.807, 2.05) is 0 Å². The Labute approximate surface area is 183 Å². The number of carbonyl (C=O) groups is 3. The van der Waals surface area contributed by atoms with Crippen LogP contribution >= 0.6 is 0 Å². The quantitative estimate of drug-likeness (QED) is 0.357. The van der Waals surface area contributed by atoms with E-state index < -0.39 is 23.2 Å². The highest BCUT2D eigenvalue weighted by atomic mass is 16.6. The van der Waals surface area contributed by atoms with Crippen molar-refractivity contribution in [3.8, 4) is 0 Å². The summed E-state index contributed by atoms with van der Waals surface area (Å²) in [6.07, 6.45) is 6.81. The SMILES string of the molecule is CCC(=O)O[C](C(=O)NO)C1CC(=O)C=C2CC[C@H]3[C@@H]4CC[C@H](O)[C@@]4(C)CC[C@@H]3[C@]21C. The van der Waals surface area contributed by atoms with Gasteiger partial charge < -0.3 is 9.84 Å². The van der Waals surface area contributed by atoms with Crippen LogP contribution in [0.3, 0.4) is 0 Å². The van der Waals surface area contributed by atoms with E-state index in [1.165, 1.54) is 0 Å². The summed E-state index contributed by atoms with van der Waals surface area (Å²) >= 11 is 0. The number of ketones is 1. The second-order valence-electron chi connectivity index (χ2n) is 10.4. The molecular weight excluding hydrogens is 398 g/mol. The topological polar surface area (TPSA) is 113 Å². The van der Waals surface area contributed by atoms with Crippen molar-refractivity contribution in [1.82, 2.24) is 5.48 Å². The highest BCUT2D eigenvalue weighted by Crippen LogP contribution is 2.67. The second-order valence-corrected chi connectivity index (χ2v) is 10.4. The van der Waals surface area contributed by atoms with Gasteiger partial charge >= 0.3 is 5.97 Å². The van der Waals surface area contributed by atoms with Gasteiger partial charge in [0.15, 0.2) is 5.78 Å². The Balaban J connectivity index is 1.74. The number of carbonyl (C=O) groups excluding carboxylic acids is 3. The fourth-order valence-electron chi connectivity index (χ4n) is 7.50. The van der Waals surface area contributed by atoms with Gasteiger partial charge in [-0.3, -0.25) is 19.6 Å². The smallest absolute Gasteiger partial charge is 0.306 e. The molecule has 1 amide bonds. The lowest BCUT2D eigenvalue weighted by Crippen LogP contribution is -2.56. The van der Waals surface area contributed by atoms with E-state index in [1.54, 1.807) is 18.5 Å². The van der Waals surface area contributed by atoms with Crippen LogP contribution in [0, 0.1) is 40.6 Å². The summed E-state index contributed by atoms with van der Waals surface area (Å²) in [5.41, 5.74) is 2.05. The normalized spacial score (nSPS) is 41.7. The van der Waals surface area contributed by atoms with Crippen LogP contribution in [0.2, 0.25) is 0 Å². The molecule has 3 N–H and O–H groups in total.